The summed E-state index contributed by atoms with van der Waals surface area (Å²) in [6.45, 7) is 4.15. The zero-order valence-electron chi connectivity index (χ0n) is 12.6. The van der Waals surface area contributed by atoms with Crippen molar-refractivity contribution in [2.24, 2.45) is 0 Å². The summed E-state index contributed by atoms with van der Waals surface area (Å²) in [6.07, 6.45) is 1.75. The summed E-state index contributed by atoms with van der Waals surface area (Å²) in [7, 11) is 0. The van der Waals surface area contributed by atoms with Crippen LogP contribution < -0.4 is 10.9 Å². The van der Waals surface area contributed by atoms with Crippen molar-refractivity contribution >= 4 is 5.82 Å². The van der Waals surface area contributed by atoms with E-state index in [0.29, 0.717) is 12.5 Å². The molecule has 6 nitrogen and oxygen atoms in total. The monoisotopic (exact) mass is 300 g/mol. The molecule has 3 rings (SSSR count). The van der Waals surface area contributed by atoms with Gasteiger partial charge in [0.2, 0.25) is 5.56 Å². The van der Waals surface area contributed by atoms with E-state index >= 15 is 0 Å². The predicted octanol–water partition coefficient (Wildman–Crippen LogP) is 1.63. The number of nitrogens with one attached hydrogen (secondary N) is 2. The molecule has 22 heavy (non-hydrogen) atoms. The minimum Gasteiger partial charge on any atom is -0.381 e. The fraction of sp³-hybridized carbons (Fsp3) is 0.438. The molecule has 2 aromatic rings. The smallest absolute Gasteiger partial charge is 0.248 e. The molecule has 0 amide bonds. The van der Waals surface area contributed by atoms with Crippen molar-refractivity contribution < 1.29 is 4.74 Å². The first-order valence-electron chi connectivity index (χ1n) is 7.56. The summed E-state index contributed by atoms with van der Waals surface area (Å²) in [5.41, 5.74) is 1.88. The quantitative estimate of drug-likeness (QED) is 0.877. The van der Waals surface area contributed by atoms with Gasteiger partial charge >= 0.3 is 0 Å². The maximum absolute atomic E-state index is 11.3. The standard InChI is InChI=1S/C16H20N4O2/c1-11-18-14(12-6-8-22-10-12)9-15(19-11)17-7-5-13-3-2-4-16(21)20-13/h2-4,9,12H,5-8,10H2,1H3,(H,20,21)(H,17,18,19)/t12-/m0/s1. The van der Waals surface area contributed by atoms with Crippen molar-refractivity contribution in [3.8, 4) is 0 Å². The minimum absolute atomic E-state index is 0.0705. The van der Waals surface area contributed by atoms with Crippen molar-refractivity contribution in [2.45, 2.75) is 25.7 Å². The number of hydrogen-bond acceptors (Lipinski definition) is 5. The van der Waals surface area contributed by atoms with Gasteiger partial charge in [0.05, 0.1) is 12.3 Å². The lowest BCUT2D eigenvalue weighted by atomic mass is 10.0. The molecule has 0 saturated carbocycles. The average molecular weight is 300 g/mol. The van der Waals surface area contributed by atoms with Crippen LogP contribution in [0.5, 0.6) is 0 Å². The number of aromatic amines is 1. The summed E-state index contributed by atoms with van der Waals surface area (Å²) in [6, 6.07) is 7.19. The van der Waals surface area contributed by atoms with Gasteiger partial charge in [-0.15, -0.1) is 0 Å². The number of aryl methyl sites for hydroxylation is 1. The zero-order valence-corrected chi connectivity index (χ0v) is 12.6. The van der Waals surface area contributed by atoms with Gasteiger partial charge in [0, 0.05) is 43.3 Å². The Bertz CT molecular complexity index is 693. The number of ether oxygens (including phenoxy) is 1. The van der Waals surface area contributed by atoms with Crippen molar-refractivity contribution in [2.75, 3.05) is 25.1 Å². The fourth-order valence-corrected chi connectivity index (χ4v) is 2.62. The van der Waals surface area contributed by atoms with Crippen LogP contribution >= 0.6 is 0 Å². The summed E-state index contributed by atoms with van der Waals surface area (Å²) < 4.78 is 5.43. The number of nitrogens with zero attached hydrogens (tertiary/aromatic N) is 2. The van der Waals surface area contributed by atoms with Gasteiger partial charge in [-0.25, -0.2) is 9.97 Å². The molecule has 1 fully saturated rings. The molecule has 2 N–H and O–H groups in total. The van der Waals surface area contributed by atoms with Crippen LogP contribution in [0.4, 0.5) is 5.82 Å². The van der Waals surface area contributed by atoms with Gasteiger partial charge < -0.3 is 15.0 Å². The molecule has 0 aromatic carbocycles. The van der Waals surface area contributed by atoms with Gasteiger partial charge in [-0.3, -0.25) is 4.79 Å². The molecule has 1 saturated heterocycles. The molecule has 116 valence electrons. The lowest BCUT2D eigenvalue weighted by Gasteiger charge is -2.11. The molecule has 0 bridgehead atoms. The van der Waals surface area contributed by atoms with Crippen molar-refractivity contribution in [3.63, 3.8) is 0 Å². The third-order valence-corrected chi connectivity index (χ3v) is 3.73. The normalized spacial score (nSPS) is 17.6. The van der Waals surface area contributed by atoms with Crippen molar-refractivity contribution in [1.29, 1.82) is 0 Å². The molecule has 1 aliphatic rings. The molecule has 0 radical (unpaired) electrons. The van der Waals surface area contributed by atoms with Gasteiger partial charge in [-0.2, -0.15) is 0 Å². The van der Waals surface area contributed by atoms with E-state index < -0.39 is 0 Å². The van der Waals surface area contributed by atoms with Gasteiger partial charge in [-0.05, 0) is 19.4 Å². The molecule has 2 aromatic heterocycles. The molecular weight excluding hydrogens is 280 g/mol. The van der Waals surface area contributed by atoms with Gasteiger partial charge in [0.15, 0.2) is 0 Å². The molecule has 0 unspecified atom stereocenters. The van der Waals surface area contributed by atoms with E-state index in [1.807, 2.05) is 19.1 Å². The number of H-pyrrole nitrogens is 1. The molecule has 3 heterocycles. The summed E-state index contributed by atoms with van der Waals surface area (Å²) in [5.74, 6) is 1.96. The molecular formula is C16H20N4O2. The number of anilines is 1. The van der Waals surface area contributed by atoms with E-state index in [-0.39, 0.29) is 5.56 Å². The molecule has 1 atom stereocenters. The van der Waals surface area contributed by atoms with Crippen LogP contribution in [0.25, 0.3) is 0 Å². The highest BCUT2D eigenvalue weighted by Crippen LogP contribution is 2.24. The number of hydrogen-bond donors (Lipinski definition) is 2. The Morgan fingerprint density at radius 1 is 1.41 bits per heavy atom. The van der Waals surface area contributed by atoms with Crippen LogP contribution in [0.3, 0.4) is 0 Å². The van der Waals surface area contributed by atoms with Gasteiger partial charge in [0.1, 0.15) is 11.6 Å². The lowest BCUT2D eigenvalue weighted by Crippen LogP contribution is -2.13. The van der Waals surface area contributed by atoms with Crippen LogP contribution in [-0.4, -0.2) is 34.7 Å². The Morgan fingerprint density at radius 2 is 2.32 bits per heavy atom. The number of rotatable bonds is 5. The van der Waals surface area contributed by atoms with Gasteiger partial charge in [-0.1, -0.05) is 6.07 Å². The summed E-state index contributed by atoms with van der Waals surface area (Å²) in [4.78, 5) is 23.0. The molecule has 0 spiro atoms. The Labute approximate surface area is 129 Å². The second-order valence-electron chi connectivity index (χ2n) is 5.50. The average Bonchev–Trinajstić information content (AvgIpc) is 3.01. The van der Waals surface area contributed by atoms with Crippen LogP contribution in [0.15, 0.2) is 29.1 Å². The first-order valence-corrected chi connectivity index (χ1v) is 7.56. The second kappa shape index (κ2) is 6.70. The first kappa shape index (κ1) is 14.7. The highest BCUT2D eigenvalue weighted by atomic mass is 16.5. The SMILES string of the molecule is Cc1nc(NCCc2cccc(=O)[nH]2)cc([C@H]2CCOC2)n1. The Hall–Kier alpha value is -2.21. The van der Waals surface area contributed by atoms with Crippen LogP contribution in [0.1, 0.15) is 29.6 Å². The van der Waals surface area contributed by atoms with Gasteiger partial charge in [0.25, 0.3) is 0 Å². The summed E-state index contributed by atoms with van der Waals surface area (Å²) >= 11 is 0. The van der Waals surface area contributed by atoms with E-state index in [9.17, 15) is 4.79 Å². The minimum atomic E-state index is -0.0705. The maximum Gasteiger partial charge on any atom is 0.248 e. The second-order valence-corrected chi connectivity index (χ2v) is 5.50. The lowest BCUT2D eigenvalue weighted by molar-refractivity contribution is 0.193. The largest absolute Gasteiger partial charge is 0.381 e. The van der Waals surface area contributed by atoms with Crippen LogP contribution in [0, 0.1) is 6.92 Å². The van der Waals surface area contributed by atoms with Crippen LogP contribution in [0.2, 0.25) is 0 Å². The third kappa shape index (κ3) is 3.71. The first-order chi connectivity index (χ1) is 10.7. The number of pyridine rings is 1. The van der Waals surface area contributed by atoms with E-state index in [0.717, 1.165) is 49.1 Å². The van der Waals surface area contributed by atoms with E-state index in [1.54, 1.807) is 6.07 Å². The topological polar surface area (TPSA) is 79.9 Å². The number of aromatic nitrogens is 3. The van der Waals surface area contributed by atoms with E-state index in [1.165, 1.54) is 6.07 Å². The summed E-state index contributed by atoms with van der Waals surface area (Å²) in [5, 5.41) is 3.30. The van der Waals surface area contributed by atoms with Crippen molar-refractivity contribution in [1.82, 2.24) is 15.0 Å². The maximum atomic E-state index is 11.3. The van der Waals surface area contributed by atoms with Crippen molar-refractivity contribution in [3.05, 3.63) is 51.8 Å². The van der Waals surface area contributed by atoms with E-state index in [2.05, 4.69) is 20.3 Å². The third-order valence-electron chi connectivity index (χ3n) is 3.73. The Balaban J connectivity index is 1.63. The molecule has 1 aliphatic heterocycles. The Morgan fingerprint density at radius 3 is 3.09 bits per heavy atom. The van der Waals surface area contributed by atoms with E-state index in [4.69, 9.17) is 4.74 Å². The highest BCUT2D eigenvalue weighted by Gasteiger charge is 2.20. The predicted molar refractivity (Wildman–Crippen MR) is 84.2 cm³/mol. The zero-order chi connectivity index (χ0) is 15.4. The Kier molecular flexibility index (Phi) is 4.48. The van der Waals surface area contributed by atoms with Crippen LogP contribution in [-0.2, 0) is 11.2 Å². The fourth-order valence-electron chi connectivity index (χ4n) is 2.62. The highest BCUT2D eigenvalue weighted by molar-refractivity contribution is 5.37. The molecule has 0 aliphatic carbocycles. The molecule has 6 heteroatoms.